The molecule has 0 unspecified atom stereocenters. The van der Waals surface area contributed by atoms with Crippen LogP contribution in [0.15, 0.2) is 53.3 Å². The molecular formula is C16H16N2O. The maximum atomic E-state index is 5.55. The van der Waals surface area contributed by atoms with Crippen molar-refractivity contribution in [2.24, 2.45) is 0 Å². The molecule has 1 aromatic carbocycles. The highest BCUT2D eigenvalue weighted by Gasteiger charge is 2.08. The first-order chi connectivity index (χ1) is 9.38. The average Bonchev–Trinajstić information content (AvgIpc) is 2.93. The summed E-state index contributed by atoms with van der Waals surface area (Å²) in [7, 11) is 0. The van der Waals surface area contributed by atoms with Gasteiger partial charge < -0.3 is 9.73 Å². The van der Waals surface area contributed by atoms with Gasteiger partial charge in [0, 0.05) is 17.1 Å². The average molecular weight is 252 g/mol. The quantitative estimate of drug-likeness (QED) is 0.771. The van der Waals surface area contributed by atoms with Gasteiger partial charge in [0.25, 0.3) is 0 Å². The molecule has 0 saturated heterocycles. The monoisotopic (exact) mass is 252 g/mol. The van der Waals surface area contributed by atoms with Gasteiger partial charge in [-0.25, -0.2) is 0 Å². The highest BCUT2D eigenvalue weighted by molar-refractivity contribution is 5.84. The van der Waals surface area contributed by atoms with Gasteiger partial charge in [-0.15, -0.1) is 0 Å². The summed E-state index contributed by atoms with van der Waals surface area (Å²) >= 11 is 0. The van der Waals surface area contributed by atoms with Gasteiger partial charge in [0.1, 0.15) is 5.76 Å². The normalized spacial score (nSPS) is 11.0. The molecule has 19 heavy (non-hydrogen) atoms. The Labute approximate surface area is 112 Å². The van der Waals surface area contributed by atoms with E-state index in [0.717, 1.165) is 40.9 Å². The Morgan fingerprint density at radius 3 is 3.05 bits per heavy atom. The summed E-state index contributed by atoms with van der Waals surface area (Å²) in [4.78, 5) is 4.40. The minimum atomic E-state index is 0.749. The van der Waals surface area contributed by atoms with Gasteiger partial charge in [0.15, 0.2) is 0 Å². The van der Waals surface area contributed by atoms with Crippen LogP contribution >= 0.6 is 0 Å². The molecule has 0 saturated carbocycles. The van der Waals surface area contributed by atoms with Crippen LogP contribution in [0.25, 0.3) is 22.0 Å². The maximum absolute atomic E-state index is 5.55. The van der Waals surface area contributed by atoms with E-state index in [0.29, 0.717) is 0 Å². The summed E-state index contributed by atoms with van der Waals surface area (Å²) in [5.74, 6) is 0.970. The van der Waals surface area contributed by atoms with E-state index in [1.807, 2.05) is 18.3 Å². The largest absolute Gasteiger partial charge is 0.467 e. The number of benzene rings is 1. The van der Waals surface area contributed by atoms with Crippen molar-refractivity contribution in [1.82, 2.24) is 10.3 Å². The fourth-order valence-corrected chi connectivity index (χ4v) is 2.21. The number of nitrogens with zero attached hydrogens (tertiary/aromatic N) is 1. The Morgan fingerprint density at radius 2 is 2.16 bits per heavy atom. The summed E-state index contributed by atoms with van der Waals surface area (Å²) in [6.07, 6.45) is 3.56. The highest BCUT2D eigenvalue weighted by atomic mass is 16.3. The Kier molecular flexibility index (Phi) is 3.29. The van der Waals surface area contributed by atoms with Gasteiger partial charge in [-0.3, -0.25) is 4.98 Å². The number of aromatic nitrogens is 1. The zero-order chi connectivity index (χ0) is 13.1. The Bertz CT molecular complexity index is 688. The zero-order valence-corrected chi connectivity index (χ0v) is 10.9. The standard InChI is InChI=1S/C16H16N2O/c1-2-17-11-16-14(7-9-19-16)13-6-5-12-4-3-8-18-15(12)10-13/h3-10,17H,2,11H2,1H3. The first-order valence-corrected chi connectivity index (χ1v) is 6.50. The fraction of sp³-hybridized carbons (Fsp3) is 0.188. The predicted octanol–water partition coefficient (Wildman–Crippen LogP) is 3.60. The van der Waals surface area contributed by atoms with Gasteiger partial charge in [0.2, 0.25) is 0 Å². The minimum Gasteiger partial charge on any atom is -0.467 e. The number of rotatable bonds is 4. The first-order valence-electron chi connectivity index (χ1n) is 6.50. The SMILES string of the molecule is CCNCc1occc1-c1ccc2cccnc2c1. The van der Waals surface area contributed by atoms with E-state index in [1.165, 1.54) is 0 Å². The van der Waals surface area contributed by atoms with Crippen LogP contribution in [-0.4, -0.2) is 11.5 Å². The number of fused-ring (bicyclic) bond motifs is 1. The highest BCUT2D eigenvalue weighted by Crippen LogP contribution is 2.27. The third-order valence-electron chi connectivity index (χ3n) is 3.20. The van der Waals surface area contributed by atoms with Crippen LogP contribution in [0.3, 0.4) is 0 Å². The molecule has 0 spiro atoms. The van der Waals surface area contributed by atoms with Crippen molar-refractivity contribution in [1.29, 1.82) is 0 Å². The second kappa shape index (κ2) is 5.24. The lowest BCUT2D eigenvalue weighted by Gasteiger charge is -2.05. The van der Waals surface area contributed by atoms with Crippen molar-refractivity contribution in [3.05, 3.63) is 54.6 Å². The molecule has 3 rings (SSSR count). The van der Waals surface area contributed by atoms with Crippen molar-refractivity contribution < 1.29 is 4.42 Å². The molecule has 0 bridgehead atoms. The second-order valence-electron chi connectivity index (χ2n) is 4.45. The molecule has 96 valence electrons. The number of nitrogens with one attached hydrogen (secondary N) is 1. The summed E-state index contributed by atoms with van der Waals surface area (Å²) < 4.78 is 5.55. The Hall–Kier alpha value is -2.13. The summed E-state index contributed by atoms with van der Waals surface area (Å²) in [6.45, 7) is 3.76. The lowest BCUT2D eigenvalue weighted by Crippen LogP contribution is -2.11. The molecule has 3 nitrogen and oxygen atoms in total. The fourth-order valence-electron chi connectivity index (χ4n) is 2.21. The van der Waals surface area contributed by atoms with Crippen LogP contribution in [0.4, 0.5) is 0 Å². The van der Waals surface area contributed by atoms with Crippen LogP contribution in [0.5, 0.6) is 0 Å². The Morgan fingerprint density at radius 1 is 1.21 bits per heavy atom. The molecule has 0 radical (unpaired) electrons. The van der Waals surface area contributed by atoms with Gasteiger partial charge >= 0.3 is 0 Å². The molecule has 0 aliphatic carbocycles. The molecule has 0 atom stereocenters. The van der Waals surface area contributed by atoms with Crippen molar-refractivity contribution in [2.75, 3.05) is 6.54 Å². The van der Waals surface area contributed by atoms with Gasteiger partial charge in [-0.05, 0) is 30.3 Å². The summed E-state index contributed by atoms with van der Waals surface area (Å²) in [5, 5.41) is 4.44. The summed E-state index contributed by atoms with van der Waals surface area (Å²) in [5.41, 5.74) is 3.29. The van der Waals surface area contributed by atoms with Gasteiger partial charge in [-0.2, -0.15) is 0 Å². The molecule has 2 heterocycles. The van der Waals surface area contributed by atoms with E-state index in [-0.39, 0.29) is 0 Å². The van der Waals surface area contributed by atoms with E-state index < -0.39 is 0 Å². The van der Waals surface area contributed by atoms with E-state index in [2.05, 4.69) is 41.5 Å². The van der Waals surface area contributed by atoms with E-state index in [1.54, 1.807) is 6.26 Å². The lowest BCUT2D eigenvalue weighted by atomic mass is 10.0. The van der Waals surface area contributed by atoms with Crippen LogP contribution in [0, 0.1) is 0 Å². The van der Waals surface area contributed by atoms with Crippen molar-refractivity contribution in [3.8, 4) is 11.1 Å². The number of hydrogen-bond acceptors (Lipinski definition) is 3. The molecule has 0 fully saturated rings. The second-order valence-corrected chi connectivity index (χ2v) is 4.45. The van der Waals surface area contributed by atoms with Crippen LogP contribution < -0.4 is 5.32 Å². The first kappa shape index (κ1) is 11.9. The predicted molar refractivity (Wildman–Crippen MR) is 76.8 cm³/mol. The molecule has 0 amide bonds. The van der Waals surface area contributed by atoms with Crippen LogP contribution in [-0.2, 0) is 6.54 Å². The number of pyridine rings is 1. The van der Waals surface area contributed by atoms with Crippen LogP contribution in [0.2, 0.25) is 0 Å². The maximum Gasteiger partial charge on any atom is 0.125 e. The van der Waals surface area contributed by atoms with E-state index in [4.69, 9.17) is 4.42 Å². The topological polar surface area (TPSA) is 38.1 Å². The van der Waals surface area contributed by atoms with E-state index >= 15 is 0 Å². The Balaban J connectivity index is 2.01. The van der Waals surface area contributed by atoms with E-state index in [9.17, 15) is 0 Å². The van der Waals surface area contributed by atoms with Gasteiger partial charge in [0.05, 0.1) is 18.3 Å². The lowest BCUT2D eigenvalue weighted by molar-refractivity contribution is 0.489. The zero-order valence-electron chi connectivity index (χ0n) is 10.9. The molecule has 0 aliphatic rings. The van der Waals surface area contributed by atoms with Crippen molar-refractivity contribution in [2.45, 2.75) is 13.5 Å². The molecule has 2 aromatic heterocycles. The molecular weight excluding hydrogens is 236 g/mol. The molecule has 0 aliphatic heterocycles. The smallest absolute Gasteiger partial charge is 0.125 e. The minimum absolute atomic E-state index is 0.749. The third-order valence-corrected chi connectivity index (χ3v) is 3.20. The number of hydrogen-bond donors (Lipinski definition) is 1. The molecule has 1 N–H and O–H groups in total. The molecule has 3 aromatic rings. The molecule has 3 heteroatoms. The summed E-state index contributed by atoms with van der Waals surface area (Å²) in [6, 6.07) is 12.4. The third kappa shape index (κ3) is 2.37. The number of furan rings is 1. The van der Waals surface area contributed by atoms with Crippen molar-refractivity contribution >= 4 is 10.9 Å². The van der Waals surface area contributed by atoms with Crippen LogP contribution in [0.1, 0.15) is 12.7 Å². The van der Waals surface area contributed by atoms with Crippen molar-refractivity contribution in [3.63, 3.8) is 0 Å². The van der Waals surface area contributed by atoms with Gasteiger partial charge in [-0.1, -0.05) is 25.1 Å².